The van der Waals surface area contributed by atoms with Crippen molar-refractivity contribution in [2.45, 2.75) is 19.8 Å². The molecule has 0 bridgehead atoms. The average Bonchev–Trinajstić information content (AvgIpc) is 2.67. The molecule has 0 radical (unpaired) electrons. The molecule has 1 fully saturated rings. The van der Waals surface area contributed by atoms with Gasteiger partial charge in [0.15, 0.2) is 5.82 Å². The Morgan fingerprint density at radius 2 is 2.20 bits per heavy atom. The fourth-order valence-corrected chi connectivity index (χ4v) is 3.12. The molecule has 1 aliphatic rings. The van der Waals surface area contributed by atoms with Crippen molar-refractivity contribution in [3.05, 3.63) is 36.0 Å². The first-order valence-corrected chi connectivity index (χ1v) is 8.36. The van der Waals surface area contributed by atoms with Crippen LogP contribution in [0.15, 0.2) is 30.3 Å². The quantitative estimate of drug-likeness (QED) is 0.499. The lowest BCUT2D eigenvalue weighted by atomic mass is 9.97. The van der Waals surface area contributed by atoms with E-state index in [1.165, 1.54) is 0 Å². The summed E-state index contributed by atoms with van der Waals surface area (Å²) in [5.74, 6) is 7.30. The van der Waals surface area contributed by atoms with Crippen molar-refractivity contribution < 1.29 is 9.53 Å². The largest absolute Gasteiger partial charge is 0.497 e. The number of benzene rings is 1. The number of hydrogen-bond donors (Lipinski definition) is 2. The normalized spacial score (nSPS) is 17.2. The number of aryl methyl sites for hydroxylation is 1. The minimum Gasteiger partial charge on any atom is -0.497 e. The topological polar surface area (TPSA) is 93.4 Å². The van der Waals surface area contributed by atoms with Gasteiger partial charge in [-0.25, -0.2) is 15.8 Å². The SMILES string of the molecule is COc1cccc(-c2nc(C)cc(N3CCC[C@H](C(=O)NN)C3)n2)c1. The van der Waals surface area contributed by atoms with Gasteiger partial charge in [0.25, 0.3) is 0 Å². The molecule has 0 spiro atoms. The molecule has 3 rings (SSSR count). The Hall–Kier alpha value is -2.67. The maximum absolute atomic E-state index is 11.9. The van der Waals surface area contributed by atoms with E-state index in [-0.39, 0.29) is 11.8 Å². The minimum absolute atomic E-state index is 0.116. The highest BCUT2D eigenvalue weighted by Gasteiger charge is 2.26. The summed E-state index contributed by atoms with van der Waals surface area (Å²) in [7, 11) is 1.64. The lowest BCUT2D eigenvalue weighted by Crippen LogP contribution is -2.45. The summed E-state index contributed by atoms with van der Waals surface area (Å²) in [5, 5.41) is 0. The van der Waals surface area contributed by atoms with E-state index in [0.29, 0.717) is 12.4 Å². The zero-order valence-electron chi connectivity index (χ0n) is 14.5. The molecule has 1 saturated heterocycles. The molecule has 2 heterocycles. The fraction of sp³-hybridized carbons (Fsp3) is 0.389. The Morgan fingerprint density at radius 1 is 1.36 bits per heavy atom. The van der Waals surface area contributed by atoms with Crippen LogP contribution in [-0.4, -0.2) is 36.1 Å². The lowest BCUT2D eigenvalue weighted by molar-refractivity contribution is -0.125. The predicted molar refractivity (Wildman–Crippen MR) is 96.0 cm³/mol. The number of piperidine rings is 1. The van der Waals surface area contributed by atoms with E-state index < -0.39 is 0 Å². The molecule has 3 N–H and O–H groups in total. The number of carbonyl (C=O) groups excluding carboxylic acids is 1. The number of amides is 1. The number of rotatable bonds is 4. The van der Waals surface area contributed by atoms with E-state index in [1.807, 2.05) is 37.3 Å². The van der Waals surface area contributed by atoms with Crippen LogP contribution in [0.5, 0.6) is 5.75 Å². The van der Waals surface area contributed by atoms with E-state index in [0.717, 1.165) is 42.2 Å². The Bertz CT molecular complexity index is 765. The number of nitrogens with one attached hydrogen (secondary N) is 1. The van der Waals surface area contributed by atoms with Crippen molar-refractivity contribution in [1.29, 1.82) is 0 Å². The third-order valence-electron chi connectivity index (χ3n) is 4.43. The number of hydrogen-bond acceptors (Lipinski definition) is 6. The van der Waals surface area contributed by atoms with Gasteiger partial charge in [0.05, 0.1) is 13.0 Å². The van der Waals surface area contributed by atoms with Crippen molar-refractivity contribution in [1.82, 2.24) is 15.4 Å². The summed E-state index contributed by atoms with van der Waals surface area (Å²) in [4.78, 5) is 23.3. The van der Waals surface area contributed by atoms with E-state index in [1.54, 1.807) is 7.11 Å². The van der Waals surface area contributed by atoms with Crippen LogP contribution < -0.4 is 20.9 Å². The highest BCUT2D eigenvalue weighted by Crippen LogP contribution is 2.26. The second kappa shape index (κ2) is 7.48. The zero-order valence-corrected chi connectivity index (χ0v) is 14.5. The zero-order chi connectivity index (χ0) is 17.8. The Labute approximate surface area is 147 Å². The van der Waals surface area contributed by atoms with Gasteiger partial charge in [-0.3, -0.25) is 10.2 Å². The standard InChI is InChI=1S/C18H23N5O2/c1-12-9-16(23-8-4-6-14(11-23)18(24)22-19)21-17(20-12)13-5-3-7-15(10-13)25-2/h3,5,7,9-10,14H,4,6,8,11,19H2,1-2H3,(H,22,24)/t14-/m0/s1. The summed E-state index contributed by atoms with van der Waals surface area (Å²) in [6, 6.07) is 9.64. The molecule has 0 aliphatic carbocycles. The molecular formula is C18H23N5O2. The molecule has 132 valence electrons. The predicted octanol–water partition coefficient (Wildman–Crippen LogP) is 1.67. The first kappa shape index (κ1) is 17.2. The molecule has 0 saturated carbocycles. The molecule has 1 atom stereocenters. The second-order valence-electron chi connectivity index (χ2n) is 6.22. The van der Waals surface area contributed by atoms with Crippen LogP contribution in [0.4, 0.5) is 5.82 Å². The van der Waals surface area contributed by atoms with Gasteiger partial charge in [0.1, 0.15) is 11.6 Å². The van der Waals surface area contributed by atoms with Gasteiger partial charge in [-0.15, -0.1) is 0 Å². The molecule has 7 heteroatoms. The molecule has 1 aromatic heterocycles. The number of anilines is 1. The number of methoxy groups -OCH3 is 1. The Morgan fingerprint density at radius 3 is 2.96 bits per heavy atom. The average molecular weight is 341 g/mol. The fourth-order valence-electron chi connectivity index (χ4n) is 3.12. The monoisotopic (exact) mass is 341 g/mol. The molecule has 25 heavy (non-hydrogen) atoms. The first-order chi connectivity index (χ1) is 12.1. The lowest BCUT2D eigenvalue weighted by Gasteiger charge is -2.32. The van der Waals surface area contributed by atoms with E-state index in [9.17, 15) is 4.79 Å². The Kier molecular flexibility index (Phi) is 5.14. The van der Waals surface area contributed by atoms with Crippen LogP contribution in [0.1, 0.15) is 18.5 Å². The van der Waals surface area contributed by atoms with Crippen molar-refractivity contribution in [2.75, 3.05) is 25.1 Å². The van der Waals surface area contributed by atoms with Crippen LogP contribution >= 0.6 is 0 Å². The van der Waals surface area contributed by atoms with Gasteiger partial charge in [0, 0.05) is 30.4 Å². The maximum atomic E-state index is 11.9. The van der Waals surface area contributed by atoms with Gasteiger partial charge in [-0.1, -0.05) is 12.1 Å². The van der Waals surface area contributed by atoms with Crippen molar-refractivity contribution in [2.24, 2.45) is 11.8 Å². The van der Waals surface area contributed by atoms with Crippen LogP contribution in [0.2, 0.25) is 0 Å². The number of nitrogens with two attached hydrogens (primary N) is 1. The molecule has 1 aliphatic heterocycles. The summed E-state index contributed by atoms with van der Waals surface area (Å²) < 4.78 is 5.28. The summed E-state index contributed by atoms with van der Waals surface area (Å²) in [5.41, 5.74) is 4.04. The number of aromatic nitrogens is 2. The van der Waals surface area contributed by atoms with Gasteiger partial charge in [-0.2, -0.15) is 0 Å². The summed E-state index contributed by atoms with van der Waals surface area (Å²) >= 11 is 0. The van der Waals surface area contributed by atoms with Crippen LogP contribution in [0.3, 0.4) is 0 Å². The van der Waals surface area contributed by atoms with Gasteiger partial charge >= 0.3 is 0 Å². The van der Waals surface area contributed by atoms with Crippen LogP contribution in [0, 0.1) is 12.8 Å². The van der Waals surface area contributed by atoms with Crippen LogP contribution in [0.25, 0.3) is 11.4 Å². The number of carbonyl (C=O) groups is 1. The maximum Gasteiger partial charge on any atom is 0.238 e. The smallest absolute Gasteiger partial charge is 0.238 e. The molecule has 1 amide bonds. The first-order valence-electron chi connectivity index (χ1n) is 8.36. The van der Waals surface area contributed by atoms with Gasteiger partial charge < -0.3 is 9.64 Å². The highest BCUT2D eigenvalue weighted by atomic mass is 16.5. The number of ether oxygens (including phenoxy) is 1. The van der Waals surface area contributed by atoms with Crippen molar-refractivity contribution in [3.63, 3.8) is 0 Å². The summed E-state index contributed by atoms with van der Waals surface area (Å²) in [6.45, 7) is 3.42. The van der Waals surface area contributed by atoms with E-state index >= 15 is 0 Å². The second-order valence-corrected chi connectivity index (χ2v) is 6.22. The minimum atomic E-state index is -0.122. The number of nitrogens with zero attached hydrogens (tertiary/aromatic N) is 3. The Balaban J connectivity index is 1.90. The van der Waals surface area contributed by atoms with Crippen LogP contribution in [-0.2, 0) is 4.79 Å². The highest BCUT2D eigenvalue weighted by molar-refractivity contribution is 5.79. The molecule has 7 nitrogen and oxygen atoms in total. The molecule has 0 unspecified atom stereocenters. The van der Waals surface area contributed by atoms with Gasteiger partial charge in [-0.05, 0) is 31.9 Å². The van der Waals surface area contributed by atoms with E-state index in [2.05, 4.69) is 15.3 Å². The molecule has 1 aromatic carbocycles. The molecular weight excluding hydrogens is 318 g/mol. The summed E-state index contributed by atoms with van der Waals surface area (Å²) in [6.07, 6.45) is 1.77. The molecule has 2 aromatic rings. The van der Waals surface area contributed by atoms with Gasteiger partial charge in [0.2, 0.25) is 5.91 Å². The third kappa shape index (κ3) is 3.88. The van der Waals surface area contributed by atoms with E-state index in [4.69, 9.17) is 15.6 Å². The number of hydrazine groups is 1. The van der Waals surface area contributed by atoms with Crippen molar-refractivity contribution in [3.8, 4) is 17.1 Å². The third-order valence-corrected chi connectivity index (χ3v) is 4.43. The van der Waals surface area contributed by atoms with Crippen molar-refractivity contribution >= 4 is 11.7 Å².